The molecule has 0 atom stereocenters. The molecule has 100 valence electrons. The maximum absolute atomic E-state index is 12.4. The summed E-state index contributed by atoms with van der Waals surface area (Å²) in [6, 6.07) is 6.17. The van der Waals surface area contributed by atoms with Gasteiger partial charge in [-0.2, -0.15) is 0 Å². The van der Waals surface area contributed by atoms with Crippen molar-refractivity contribution < 1.29 is 18.7 Å². The monoisotopic (exact) mass is 270 g/mol. The van der Waals surface area contributed by atoms with E-state index in [1.54, 1.807) is 18.2 Å². The van der Waals surface area contributed by atoms with Gasteiger partial charge in [-0.15, -0.1) is 0 Å². The van der Waals surface area contributed by atoms with Gasteiger partial charge in [-0.05, 0) is 19.1 Å². The van der Waals surface area contributed by atoms with Crippen molar-refractivity contribution in [2.45, 2.75) is 6.92 Å². The summed E-state index contributed by atoms with van der Waals surface area (Å²) >= 11 is 0. The van der Waals surface area contributed by atoms with Gasteiger partial charge in [-0.1, -0.05) is 12.1 Å². The molecule has 5 heteroatoms. The van der Waals surface area contributed by atoms with Crippen LogP contribution in [0.15, 0.2) is 33.5 Å². The Hall–Kier alpha value is -2.69. The van der Waals surface area contributed by atoms with Crippen molar-refractivity contribution in [1.29, 1.82) is 0 Å². The lowest BCUT2D eigenvalue weighted by molar-refractivity contribution is 0.0950. The van der Waals surface area contributed by atoms with E-state index >= 15 is 0 Å². The summed E-state index contributed by atoms with van der Waals surface area (Å²) in [5.74, 6) is -0.790. The highest BCUT2D eigenvalue weighted by molar-refractivity contribution is 6.28. The minimum Gasteiger partial charge on any atom is -0.496 e. The third-order valence-corrected chi connectivity index (χ3v) is 3.29. The van der Waals surface area contributed by atoms with Gasteiger partial charge in [0.25, 0.3) is 0 Å². The molecule has 1 aliphatic rings. The number of aryl methyl sites for hydroxylation is 1. The van der Waals surface area contributed by atoms with Gasteiger partial charge in [0.15, 0.2) is 11.5 Å². The molecule has 1 aromatic carbocycles. The molecule has 0 fully saturated rings. The second-order valence-corrected chi connectivity index (χ2v) is 4.50. The molecule has 0 saturated heterocycles. The molecular weight excluding hydrogens is 260 g/mol. The number of ketones is 2. The van der Waals surface area contributed by atoms with Crippen molar-refractivity contribution in [2.75, 3.05) is 7.11 Å². The minimum atomic E-state index is -0.622. The van der Waals surface area contributed by atoms with Crippen molar-refractivity contribution in [3.8, 4) is 5.75 Å². The molecule has 20 heavy (non-hydrogen) atoms. The van der Waals surface area contributed by atoms with Crippen LogP contribution in [0, 0.1) is 6.92 Å². The van der Waals surface area contributed by atoms with Crippen LogP contribution in [0.4, 0.5) is 0 Å². The normalized spacial score (nSPS) is 12.9. The van der Waals surface area contributed by atoms with E-state index in [0.717, 1.165) is 0 Å². The smallest absolute Gasteiger partial charge is 0.339 e. The number of carbonyl (C=O) groups is 2. The largest absolute Gasteiger partial charge is 0.496 e. The van der Waals surface area contributed by atoms with Crippen molar-refractivity contribution >= 4 is 11.6 Å². The van der Waals surface area contributed by atoms with E-state index in [9.17, 15) is 14.4 Å². The zero-order valence-corrected chi connectivity index (χ0v) is 10.9. The molecule has 3 rings (SSSR count). The summed E-state index contributed by atoms with van der Waals surface area (Å²) in [7, 11) is 1.41. The summed E-state index contributed by atoms with van der Waals surface area (Å²) in [4.78, 5) is 36.4. The van der Waals surface area contributed by atoms with Crippen LogP contribution in [0.1, 0.15) is 37.6 Å². The van der Waals surface area contributed by atoms with Crippen LogP contribution in [0.5, 0.6) is 5.75 Å². The molecule has 0 bridgehead atoms. The third kappa shape index (κ3) is 1.53. The standard InChI is InChI=1S/C15H10O5/c1-7-6-9-12(16)8-4-3-5-10(19-2)11(8)13(17)14(9)20-15(7)18/h3-6H,1-2H3. The molecule has 0 saturated carbocycles. The fourth-order valence-electron chi connectivity index (χ4n) is 2.29. The van der Waals surface area contributed by atoms with Gasteiger partial charge < -0.3 is 9.15 Å². The molecule has 1 aromatic heterocycles. The Balaban J connectivity index is 2.36. The third-order valence-electron chi connectivity index (χ3n) is 3.29. The molecular formula is C15H10O5. The zero-order valence-electron chi connectivity index (χ0n) is 10.9. The molecule has 0 unspecified atom stereocenters. The number of hydrogen-bond donors (Lipinski definition) is 0. The lowest BCUT2D eigenvalue weighted by Crippen LogP contribution is -2.24. The SMILES string of the molecule is COc1cccc2c1C(=O)c1oc(=O)c(C)cc1C2=O. The topological polar surface area (TPSA) is 73.6 Å². The predicted octanol–water partition coefficient (Wildman–Crippen LogP) is 1.73. The summed E-state index contributed by atoms with van der Waals surface area (Å²) in [6.45, 7) is 1.53. The van der Waals surface area contributed by atoms with E-state index in [4.69, 9.17) is 9.15 Å². The Bertz CT molecular complexity index is 813. The summed E-state index contributed by atoms with van der Waals surface area (Å²) < 4.78 is 10.1. The number of carbonyl (C=O) groups excluding carboxylic acids is 2. The summed E-state index contributed by atoms with van der Waals surface area (Å²) in [6.07, 6.45) is 0. The molecule has 0 amide bonds. The van der Waals surface area contributed by atoms with Crippen LogP contribution in [0.3, 0.4) is 0 Å². The van der Waals surface area contributed by atoms with Gasteiger partial charge >= 0.3 is 5.63 Å². The number of fused-ring (bicyclic) bond motifs is 2. The van der Waals surface area contributed by atoms with E-state index in [-0.39, 0.29) is 39.5 Å². The molecule has 0 radical (unpaired) electrons. The van der Waals surface area contributed by atoms with Gasteiger partial charge in [0, 0.05) is 11.1 Å². The van der Waals surface area contributed by atoms with E-state index in [1.165, 1.54) is 20.1 Å². The lowest BCUT2D eigenvalue weighted by Gasteiger charge is -2.18. The highest BCUT2D eigenvalue weighted by Crippen LogP contribution is 2.32. The van der Waals surface area contributed by atoms with Crippen LogP contribution in [0.25, 0.3) is 0 Å². The first-order valence-electron chi connectivity index (χ1n) is 5.95. The number of methoxy groups -OCH3 is 1. The number of hydrogen-bond acceptors (Lipinski definition) is 5. The first-order valence-corrected chi connectivity index (χ1v) is 5.95. The van der Waals surface area contributed by atoms with Gasteiger partial charge in [-0.25, -0.2) is 4.79 Å². The first kappa shape index (κ1) is 12.3. The number of ether oxygens (including phenoxy) is 1. The lowest BCUT2D eigenvalue weighted by atomic mass is 9.87. The van der Waals surface area contributed by atoms with Crippen molar-refractivity contribution in [2.24, 2.45) is 0 Å². The van der Waals surface area contributed by atoms with Crippen LogP contribution in [-0.4, -0.2) is 18.7 Å². The molecule has 1 aliphatic carbocycles. The Labute approximate surface area is 113 Å². The van der Waals surface area contributed by atoms with E-state index in [1.807, 2.05) is 0 Å². The molecule has 5 nitrogen and oxygen atoms in total. The van der Waals surface area contributed by atoms with E-state index in [2.05, 4.69) is 0 Å². The molecule has 2 aromatic rings. The quantitative estimate of drug-likeness (QED) is 0.673. The van der Waals surface area contributed by atoms with E-state index in [0.29, 0.717) is 0 Å². The Kier molecular flexibility index (Phi) is 2.57. The van der Waals surface area contributed by atoms with Gasteiger partial charge in [0.05, 0.1) is 18.2 Å². The second kappa shape index (κ2) is 4.16. The average Bonchev–Trinajstić information content (AvgIpc) is 2.46. The molecule has 0 spiro atoms. The van der Waals surface area contributed by atoms with Gasteiger partial charge in [0.1, 0.15) is 5.75 Å². The summed E-state index contributed by atoms with van der Waals surface area (Å²) in [5.41, 5.74) is 0.182. The fourth-order valence-corrected chi connectivity index (χ4v) is 2.29. The first-order chi connectivity index (χ1) is 9.54. The second-order valence-electron chi connectivity index (χ2n) is 4.50. The van der Waals surface area contributed by atoms with Crippen molar-refractivity contribution in [3.05, 3.63) is 62.7 Å². The molecule has 1 heterocycles. The predicted molar refractivity (Wildman–Crippen MR) is 69.6 cm³/mol. The highest BCUT2D eigenvalue weighted by atomic mass is 16.5. The highest BCUT2D eigenvalue weighted by Gasteiger charge is 2.34. The Morgan fingerprint density at radius 2 is 1.80 bits per heavy atom. The number of benzene rings is 1. The maximum atomic E-state index is 12.4. The van der Waals surface area contributed by atoms with Crippen molar-refractivity contribution in [3.63, 3.8) is 0 Å². The van der Waals surface area contributed by atoms with Crippen LogP contribution in [-0.2, 0) is 0 Å². The zero-order chi connectivity index (χ0) is 14.4. The van der Waals surface area contributed by atoms with Crippen LogP contribution >= 0.6 is 0 Å². The average molecular weight is 270 g/mol. The van der Waals surface area contributed by atoms with Crippen molar-refractivity contribution in [1.82, 2.24) is 0 Å². The van der Waals surface area contributed by atoms with Gasteiger partial charge in [-0.3, -0.25) is 9.59 Å². The Morgan fingerprint density at radius 1 is 1.05 bits per heavy atom. The Morgan fingerprint density at radius 3 is 2.50 bits per heavy atom. The fraction of sp³-hybridized carbons (Fsp3) is 0.133. The molecule has 0 N–H and O–H groups in total. The molecule has 0 aliphatic heterocycles. The summed E-state index contributed by atoms with van der Waals surface area (Å²) in [5, 5.41) is 0. The maximum Gasteiger partial charge on any atom is 0.339 e. The van der Waals surface area contributed by atoms with Crippen LogP contribution in [0.2, 0.25) is 0 Å². The van der Waals surface area contributed by atoms with Crippen LogP contribution < -0.4 is 10.4 Å². The van der Waals surface area contributed by atoms with Gasteiger partial charge in [0.2, 0.25) is 5.78 Å². The van der Waals surface area contributed by atoms with E-state index < -0.39 is 11.4 Å². The number of rotatable bonds is 1. The minimum absolute atomic E-state index is 0.118.